The molecular formula is C10H25N3. The lowest BCUT2D eigenvalue weighted by Gasteiger charge is -2.21. The third-order valence-corrected chi connectivity index (χ3v) is 2.09. The molecule has 0 amide bonds. The average Bonchev–Trinajstić information content (AvgIpc) is 2.16. The lowest BCUT2D eigenvalue weighted by Crippen LogP contribution is -2.43. The molecule has 0 saturated carbocycles. The molecule has 0 bridgehead atoms. The first kappa shape index (κ1) is 12.9. The van der Waals surface area contributed by atoms with E-state index in [0.717, 1.165) is 26.3 Å². The number of hydrogen-bond donors (Lipinski definition) is 2. The minimum absolute atomic E-state index is 0.885. The Kier molecular flexibility index (Phi) is 9.87. The summed E-state index contributed by atoms with van der Waals surface area (Å²) in [6, 6.07) is 0. The van der Waals surface area contributed by atoms with Gasteiger partial charge in [-0.1, -0.05) is 33.6 Å². The smallest absolute Gasteiger partial charge is 0.0592 e. The summed E-state index contributed by atoms with van der Waals surface area (Å²) in [5, 5.41) is 5.53. The normalized spacial score (nSPS) is 11.1. The van der Waals surface area contributed by atoms with Crippen molar-refractivity contribution in [2.24, 2.45) is 0 Å². The van der Waals surface area contributed by atoms with Crippen LogP contribution in [-0.2, 0) is 0 Å². The van der Waals surface area contributed by atoms with Gasteiger partial charge >= 0.3 is 0 Å². The van der Waals surface area contributed by atoms with E-state index in [4.69, 9.17) is 0 Å². The van der Waals surface area contributed by atoms with Crippen LogP contribution >= 0.6 is 0 Å². The lowest BCUT2D eigenvalue weighted by molar-refractivity contribution is 0.187. The average molecular weight is 187 g/mol. The maximum absolute atomic E-state index is 3.35. The van der Waals surface area contributed by atoms with Gasteiger partial charge in [-0.15, -0.1) is 0 Å². The van der Waals surface area contributed by atoms with Crippen molar-refractivity contribution in [1.29, 1.82) is 0 Å². The van der Waals surface area contributed by atoms with Crippen LogP contribution < -0.4 is 10.7 Å². The highest BCUT2D eigenvalue weighted by Gasteiger charge is 1.98. The minimum atomic E-state index is 0.885. The molecule has 80 valence electrons. The van der Waals surface area contributed by atoms with Crippen LogP contribution in [0.1, 0.15) is 40.0 Å². The molecule has 0 aromatic heterocycles. The topological polar surface area (TPSA) is 27.3 Å². The highest BCUT2D eigenvalue weighted by Crippen LogP contribution is 1.95. The van der Waals surface area contributed by atoms with E-state index in [0.29, 0.717) is 0 Å². The minimum Gasteiger partial charge on any atom is -0.304 e. The number of nitrogens with zero attached hydrogens (tertiary/aromatic N) is 1. The fourth-order valence-electron chi connectivity index (χ4n) is 1.19. The van der Waals surface area contributed by atoms with E-state index in [1.807, 2.05) is 0 Å². The van der Waals surface area contributed by atoms with Gasteiger partial charge in [-0.3, -0.25) is 0 Å². The summed E-state index contributed by atoms with van der Waals surface area (Å²) in [7, 11) is 0. The maximum Gasteiger partial charge on any atom is 0.0592 e. The molecule has 0 aromatic carbocycles. The van der Waals surface area contributed by atoms with Gasteiger partial charge in [0, 0.05) is 13.1 Å². The van der Waals surface area contributed by atoms with Gasteiger partial charge in [-0.25, -0.2) is 10.4 Å². The highest BCUT2D eigenvalue weighted by molar-refractivity contribution is 4.49. The van der Waals surface area contributed by atoms with Crippen molar-refractivity contribution in [3.05, 3.63) is 0 Å². The van der Waals surface area contributed by atoms with Crippen LogP contribution in [0.5, 0.6) is 0 Å². The summed E-state index contributed by atoms with van der Waals surface area (Å²) >= 11 is 0. The second-order valence-electron chi connectivity index (χ2n) is 3.23. The molecule has 0 aliphatic rings. The maximum atomic E-state index is 3.35. The number of hydrogen-bond acceptors (Lipinski definition) is 3. The quantitative estimate of drug-likeness (QED) is 0.326. The van der Waals surface area contributed by atoms with Gasteiger partial charge in [0.15, 0.2) is 0 Å². The summed E-state index contributed by atoms with van der Waals surface area (Å²) in [5.41, 5.74) is 3.35. The first-order valence-corrected chi connectivity index (χ1v) is 5.54. The van der Waals surface area contributed by atoms with Gasteiger partial charge in [0.25, 0.3) is 0 Å². The molecule has 0 aliphatic heterocycles. The zero-order chi connectivity index (χ0) is 9.94. The van der Waals surface area contributed by atoms with E-state index in [-0.39, 0.29) is 0 Å². The van der Waals surface area contributed by atoms with E-state index in [2.05, 4.69) is 36.5 Å². The molecule has 0 aromatic rings. The monoisotopic (exact) mass is 187 g/mol. The van der Waals surface area contributed by atoms with E-state index in [1.165, 1.54) is 19.3 Å². The molecule has 0 spiro atoms. The molecule has 2 N–H and O–H groups in total. The first-order valence-electron chi connectivity index (χ1n) is 5.54. The van der Waals surface area contributed by atoms with Gasteiger partial charge in [0.1, 0.15) is 0 Å². The lowest BCUT2D eigenvalue weighted by atomic mass is 10.2. The zero-order valence-electron chi connectivity index (χ0n) is 9.40. The fraction of sp³-hybridized carbons (Fsp3) is 1.00. The second kappa shape index (κ2) is 9.96. The molecule has 3 nitrogen and oxygen atoms in total. The van der Waals surface area contributed by atoms with Crippen LogP contribution in [0, 0.1) is 0 Å². The summed E-state index contributed by atoms with van der Waals surface area (Å²) in [6.07, 6.45) is 3.92. The summed E-state index contributed by atoms with van der Waals surface area (Å²) < 4.78 is 0. The molecule has 0 atom stereocenters. The fourth-order valence-corrected chi connectivity index (χ4v) is 1.19. The molecule has 0 radical (unpaired) electrons. The van der Waals surface area contributed by atoms with Crippen molar-refractivity contribution < 1.29 is 0 Å². The van der Waals surface area contributed by atoms with Crippen LogP contribution in [0.15, 0.2) is 0 Å². The van der Waals surface area contributed by atoms with Gasteiger partial charge in [-0.05, 0) is 13.0 Å². The standard InChI is InChI=1S/C10H25N3/c1-4-7-8-9-13(6-3)12-10-11-5-2/h11-12H,4-10H2,1-3H3. The molecule has 13 heavy (non-hydrogen) atoms. The second-order valence-corrected chi connectivity index (χ2v) is 3.23. The number of rotatable bonds is 9. The van der Waals surface area contributed by atoms with Gasteiger partial charge in [-0.2, -0.15) is 0 Å². The Bertz CT molecular complexity index is 86.2. The van der Waals surface area contributed by atoms with Crippen molar-refractivity contribution in [3.63, 3.8) is 0 Å². The molecule has 0 fully saturated rings. The van der Waals surface area contributed by atoms with E-state index in [1.54, 1.807) is 0 Å². The van der Waals surface area contributed by atoms with Crippen LogP contribution in [0.4, 0.5) is 0 Å². The van der Waals surface area contributed by atoms with Crippen LogP contribution in [0.25, 0.3) is 0 Å². The molecule has 0 rings (SSSR count). The Hall–Kier alpha value is -0.120. The molecular weight excluding hydrogens is 162 g/mol. The van der Waals surface area contributed by atoms with E-state index in [9.17, 15) is 0 Å². The number of unbranched alkanes of at least 4 members (excludes halogenated alkanes) is 2. The van der Waals surface area contributed by atoms with Gasteiger partial charge in [0.2, 0.25) is 0 Å². The first-order chi connectivity index (χ1) is 6.35. The van der Waals surface area contributed by atoms with Crippen molar-refractivity contribution in [2.45, 2.75) is 40.0 Å². The van der Waals surface area contributed by atoms with Crippen molar-refractivity contribution in [3.8, 4) is 0 Å². The molecule has 3 heteroatoms. The largest absolute Gasteiger partial charge is 0.304 e. The molecule has 0 saturated heterocycles. The third kappa shape index (κ3) is 8.22. The van der Waals surface area contributed by atoms with E-state index < -0.39 is 0 Å². The third-order valence-electron chi connectivity index (χ3n) is 2.09. The molecule has 0 aliphatic carbocycles. The Morgan fingerprint density at radius 1 is 1.08 bits per heavy atom. The van der Waals surface area contributed by atoms with Crippen LogP contribution in [0.3, 0.4) is 0 Å². The Morgan fingerprint density at radius 3 is 2.38 bits per heavy atom. The summed E-state index contributed by atoms with van der Waals surface area (Å²) in [5.74, 6) is 0. The number of hydrazine groups is 1. The Balaban J connectivity index is 3.28. The predicted octanol–water partition coefficient (Wildman–Crippen LogP) is 1.57. The summed E-state index contributed by atoms with van der Waals surface area (Å²) in [4.78, 5) is 0. The zero-order valence-corrected chi connectivity index (χ0v) is 9.40. The highest BCUT2D eigenvalue weighted by atomic mass is 15.5. The van der Waals surface area contributed by atoms with Gasteiger partial charge < -0.3 is 5.32 Å². The van der Waals surface area contributed by atoms with Crippen molar-refractivity contribution in [1.82, 2.24) is 15.8 Å². The number of nitrogens with one attached hydrogen (secondary N) is 2. The van der Waals surface area contributed by atoms with Crippen LogP contribution in [0.2, 0.25) is 0 Å². The SMILES string of the molecule is CCCCCN(CC)NCNCC. The summed E-state index contributed by atoms with van der Waals surface area (Å²) in [6.45, 7) is 10.7. The predicted molar refractivity (Wildman–Crippen MR) is 58.5 cm³/mol. The Morgan fingerprint density at radius 2 is 1.85 bits per heavy atom. The Labute approximate surface area is 82.9 Å². The van der Waals surface area contributed by atoms with Crippen molar-refractivity contribution >= 4 is 0 Å². The van der Waals surface area contributed by atoms with E-state index >= 15 is 0 Å². The molecule has 0 unspecified atom stereocenters. The van der Waals surface area contributed by atoms with Crippen LogP contribution in [-0.4, -0.2) is 31.3 Å². The molecule has 0 heterocycles. The van der Waals surface area contributed by atoms with Gasteiger partial charge in [0.05, 0.1) is 6.67 Å². The van der Waals surface area contributed by atoms with Crippen molar-refractivity contribution in [2.75, 3.05) is 26.3 Å².